The van der Waals surface area contributed by atoms with Crippen molar-refractivity contribution < 1.29 is 19.0 Å². The minimum absolute atomic E-state index is 0.00880. The molecule has 1 fully saturated rings. The summed E-state index contributed by atoms with van der Waals surface area (Å²) in [5.74, 6) is -1.38. The highest BCUT2D eigenvalue weighted by molar-refractivity contribution is 5.93. The van der Waals surface area contributed by atoms with Gasteiger partial charge in [-0.2, -0.15) is 0 Å². The van der Waals surface area contributed by atoms with Crippen LogP contribution in [0.25, 0.3) is 0 Å². The van der Waals surface area contributed by atoms with Gasteiger partial charge < -0.3 is 14.2 Å². The first-order valence-corrected chi connectivity index (χ1v) is 5.80. The van der Waals surface area contributed by atoms with E-state index in [0.29, 0.717) is 0 Å². The summed E-state index contributed by atoms with van der Waals surface area (Å²) in [6.07, 6.45) is 5.65. The largest absolute Gasteiger partial charge is 0.497 e. The van der Waals surface area contributed by atoms with Crippen LogP contribution in [0.15, 0.2) is 24.0 Å². The molecule has 4 nitrogen and oxygen atoms in total. The molecule has 0 aromatic carbocycles. The van der Waals surface area contributed by atoms with Gasteiger partial charge in [-0.3, -0.25) is 4.79 Å². The molecule has 0 N–H and O–H groups in total. The van der Waals surface area contributed by atoms with Crippen LogP contribution in [0.1, 0.15) is 6.92 Å². The number of hydrogen-bond donors (Lipinski definition) is 0. The predicted octanol–water partition coefficient (Wildman–Crippen LogP) is 1.28. The maximum Gasteiger partial charge on any atom is 0.239 e. The monoisotopic (exact) mass is 236 g/mol. The molecule has 0 amide bonds. The second-order valence-electron chi connectivity index (χ2n) is 4.86. The molecule has 2 bridgehead atoms. The predicted molar refractivity (Wildman–Crippen MR) is 60.0 cm³/mol. The number of carbonyl (C=O) groups excluding carboxylic acids is 1. The van der Waals surface area contributed by atoms with E-state index in [-0.39, 0.29) is 29.6 Å². The molecular formula is C13H16O4. The average Bonchev–Trinajstić information content (AvgIpc) is 2.81. The quantitative estimate of drug-likeness (QED) is 0.535. The Morgan fingerprint density at radius 1 is 1.35 bits per heavy atom. The Hall–Kier alpha value is -1.13. The van der Waals surface area contributed by atoms with E-state index in [1.54, 1.807) is 6.26 Å². The van der Waals surface area contributed by atoms with Crippen LogP contribution in [0.4, 0.5) is 0 Å². The lowest BCUT2D eigenvalue weighted by atomic mass is 9.60. The van der Waals surface area contributed by atoms with Crippen molar-refractivity contribution in [2.45, 2.75) is 18.8 Å². The zero-order valence-electron chi connectivity index (χ0n) is 10.2. The van der Waals surface area contributed by atoms with Gasteiger partial charge in [0.15, 0.2) is 5.78 Å². The molecule has 1 aliphatic heterocycles. The smallest absolute Gasteiger partial charge is 0.239 e. The summed E-state index contributed by atoms with van der Waals surface area (Å²) in [5, 5.41) is 0. The lowest BCUT2D eigenvalue weighted by Gasteiger charge is -2.51. The van der Waals surface area contributed by atoms with E-state index in [2.05, 4.69) is 0 Å². The minimum atomic E-state index is -1.17. The Bertz CT molecular complexity index is 419. The average molecular weight is 236 g/mol. The molecule has 4 heteroatoms. The van der Waals surface area contributed by atoms with Gasteiger partial charge in [0.05, 0.1) is 18.1 Å². The number of hydrogen-bond acceptors (Lipinski definition) is 4. The molecule has 0 aromatic heterocycles. The van der Waals surface area contributed by atoms with Crippen molar-refractivity contribution in [1.29, 1.82) is 0 Å². The number of ketones is 1. The summed E-state index contributed by atoms with van der Waals surface area (Å²) < 4.78 is 16.5. The third-order valence-electron chi connectivity index (χ3n) is 4.25. The minimum Gasteiger partial charge on any atom is -0.497 e. The molecule has 0 saturated heterocycles. The van der Waals surface area contributed by atoms with Crippen molar-refractivity contribution in [3.63, 3.8) is 0 Å². The molecular weight excluding hydrogens is 220 g/mol. The van der Waals surface area contributed by atoms with E-state index in [1.807, 2.05) is 19.1 Å². The van der Waals surface area contributed by atoms with Crippen molar-refractivity contribution in [1.82, 2.24) is 0 Å². The summed E-state index contributed by atoms with van der Waals surface area (Å²) in [6, 6.07) is 0. The fourth-order valence-electron chi connectivity index (χ4n) is 3.50. The summed E-state index contributed by atoms with van der Waals surface area (Å²) in [6.45, 7) is 2.01. The van der Waals surface area contributed by atoms with Crippen molar-refractivity contribution in [3.8, 4) is 0 Å². The lowest BCUT2D eigenvalue weighted by Crippen LogP contribution is -2.65. The van der Waals surface area contributed by atoms with Gasteiger partial charge in [-0.25, -0.2) is 0 Å². The normalized spacial score (nSPS) is 41.1. The van der Waals surface area contributed by atoms with E-state index in [9.17, 15) is 4.79 Å². The van der Waals surface area contributed by atoms with Gasteiger partial charge in [0.25, 0.3) is 0 Å². The number of fused-ring (bicyclic) bond motifs is 1. The Balaban J connectivity index is 2.13. The topological polar surface area (TPSA) is 44.8 Å². The van der Waals surface area contributed by atoms with Gasteiger partial charge in [0, 0.05) is 20.1 Å². The molecule has 4 aliphatic rings. The molecule has 3 aliphatic carbocycles. The van der Waals surface area contributed by atoms with Gasteiger partial charge in [-0.05, 0) is 13.0 Å². The van der Waals surface area contributed by atoms with Crippen LogP contribution in [0, 0.1) is 17.8 Å². The summed E-state index contributed by atoms with van der Waals surface area (Å²) >= 11 is 0. The maximum atomic E-state index is 12.5. The first kappa shape index (κ1) is 11.0. The first-order chi connectivity index (χ1) is 8.15. The fourth-order valence-corrected chi connectivity index (χ4v) is 3.50. The molecule has 17 heavy (non-hydrogen) atoms. The van der Waals surface area contributed by atoms with Crippen molar-refractivity contribution >= 4 is 5.78 Å². The number of methoxy groups -OCH3 is 2. The highest BCUT2D eigenvalue weighted by Gasteiger charge is 2.64. The van der Waals surface area contributed by atoms with E-state index in [1.165, 1.54) is 14.2 Å². The van der Waals surface area contributed by atoms with Crippen LogP contribution in [-0.4, -0.2) is 31.9 Å². The second kappa shape index (κ2) is 3.43. The Labute approximate surface area is 100 Å². The van der Waals surface area contributed by atoms with Crippen LogP contribution >= 0.6 is 0 Å². The number of allylic oxidation sites excluding steroid dienone is 1. The van der Waals surface area contributed by atoms with Crippen molar-refractivity contribution in [2.24, 2.45) is 17.8 Å². The molecule has 4 rings (SSSR count). The SMILES string of the molecule is COC1(OC)C(=O)[C@@H]2C=C(C)[C@H]1[C@H]1OC=C[C@H]12. The lowest BCUT2D eigenvalue weighted by molar-refractivity contribution is -0.255. The Kier molecular flexibility index (Phi) is 2.22. The molecule has 0 aromatic rings. The standard InChI is InChI=1S/C13H16O4/c1-7-6-9-8-4-5-17-11(8)10(7)13(15-2,16-3)12(9)14/h4-6,8-11H,1-3H3/t8-,9+,10-,11-/m0/s1. The zero-order chi connectivity index (χ0) is 12.2. The van der Waals surface area contributed by atoms with Crippen LogP contribution < -0.4 is 0 Å². The number of carbonyl (C=O) groups is 1. The van der Waals surface area contributed by atoms with E-state index in [4.69, 9.17) is 14.2 Å². The van der Waals surface area contributed by atoms with Gasteiger partial charge in [0.2, 0.25) is 5.79 Å². The Morgan fingerprint density at radius 2 is 2.06 bits per heavy atom. The molecule has 92 valence electrons. The van der Waals surface area contributed by atoms with E-state index < -0.39 is 5.79 Å². The van der Waals surface area contributed by atoms with E-state index >= 15 is 0 Å². The highest BCUT2D eigenvalue weighted by atomic mass is 16.7. The van der Waals surface area contributed by atoms with E-state index in [0.717, 1.165) is 5.57 Å². The van der Waals surface area contributed by atoms with Gasteiger partial charge in [-0.1, -0.05) is 11.6 Å². The molecule has 0 radical (unpaired) electrons. The molecule has 4 atom stereocenters. The summed E-state index contributed by atoms with van der Waals surface area (Å²) in [7, 11) is 3.04. The van der Waals surface area contributed by atoms with Gasteiger partial charge in [-0.15, -0.1) is 0 Å². The summed E-state index contributed by atoms with van der Waals surface area (Å²) in [4.78, 5) is 12.5. The summed E-state index contributed by atoms with van der Waals surface area (Å²) in [5.41, 5.74) is 1.11. The first-order valence-electron chi connectivity index (χ1n) is 5.80. The van der Waals surface area contributed by atoms with Gasteiger partial charge in [0.1, 0.15) is 6.10 Å². The number of ether oxygens (including phenoxy) is 3. The van der Waals surface area contributed by atoms with Crippen LogP contribution in [0.5, 0.6) is 0 Å². The highest BCUT2D eigenvalue weighted by Crippen LogP contribution is 2.52. The third-order valence-corrected chi connectivity index (χ3v) is 4.25. The van der Waals surface area contributed by atoms with Crippen molar-refractivity contribution in [3.05, 3.63) is 24.0 Å². The molecule has 0 unspecified atom stereocenters. The van der Waals surface area contributed by atoms with Crippen LogP contribution in [0.3, 0.4) is 0 Å². The zero-order valence-corrected chi connectivity index (χ0v) is 10.2. The molecule has 1 heterocycles. The van der Waals surface area contributed by atoms with Crippen LogP contribution in [-0.2, 0) is 19.0 Å². The Morgan fingerprint density at radius 3 is 2.71 bits per heavy atom. The van der Waals surface area contributed by atoms with Gasteiger partial charge >= 0.3 is 0 Å². The maximum absolute atomic E-state index is 12.5. The fraction of sp³-hybridized carbons (Fsp3) is 0.615. The third kappa shape index (κ3) is 1.12. The number of Topliss-reactive ketones (excluding diaryl/α,β-unsaturated/α-hetero) is 1. The van der Waals surface area contributed by atoms with Crippen LogP contribution in [0.2, 0.25) is 0 Å². The molecule has 0 spiro atoms. The number of rotatable bonds is 2. The second-order valence-corrected chi connectivity index (χ2v) is 4.86. The van der Waals surface area contributed by atoms with Crippen molar-refractivity contribution in [2.75, 3.05) is 14.2 Å². The molecule has 1 saturated carbocycles.